The van der Waals surface area contributed by atoms with Gasteiger partial charge in [0.05, 0.1) is 17.1 Å². The molecule has 0 atom stereocenters. The number of nitrogens with one attached hydrogen (secondary N) is 1. The number of hydrogen-bond donors (Lipinski definition) is 2. The molecule has 4 aromatic rings. The summed E-state index contributed by atoms with van der Waals surface area (Å²) in [5.74, 6) is 7.60. The normalized spacial score (nSPS) is 11.1. The van der Waals surface area contributed by atoms with E-state index in [2.05, 4.69) is 26.1 Å². The number of H-pyrrole nitrogens is 1. The van der Waals surface area contributed by atoms with Crippen LogP contribution >= 0.6 is 28.1 Å². The van der Waals surface area contributed by atoms with E-state index in [1.165, 1.54) is 4.68 Å². The fraction of sp³-hybridized carbons (Fsp3) is 0.190. The fourth-order valence-electron chi connectivity index (χ4n) is 3.62. The van der Waals surface area contributed by atoms with E-state index in [0.29, 0.717) is 21.9 Å². The summed E-state index contributed by atoms with van der Waals surface area (Å²) in [5.41, 5.74) is 3.30. The van der Waals surface area contributed by atoms with E-state index in [-0.39, 0.29) is 12.4 Å². The van der Waals surface area contributed by atoms with Gasteiger partial charge in [-0.05, 0) is 78.4 Å². The van der Waals surface area contributed by atoms with E-state index in [1.54, 1.807) is 14.0 Å². The van der Waals surface area contributed by atoms with Gasteiger partial charge < -0.3 is 19.9 Å². The number of hydrogen-bond acceptors (Lipinski definition) is 6. The van der Waals surface area contributed by atoms with Crippen LogP contribution in [0.15, 0.2) is 40.9 Å². The summed E-state index contributed by atoms with van der Waals surface area (Å²) >= 11 is 8.61. The Morgan fingerprint density at radius 2 is 2.00 bits per heavy atom. The third-order valence-corrected chi connectivity index (χ3v) is 5.98. The molecule has 160 valence electrons. The highest BCUT2D eigenvalue weighted by molar-refractivity contribution is 9.10. The summed E-state index contributed by atoms with van der Waals surface area (Å²) in [6.45, 7) is 3.61. The highest BCUT2D eigenvalue weighted by atomic mass is 79.9. The van der Waals surface area contributed by atoms with Crippen LogP contribution in [0.2, 0.25) is 0 Å². The van der Waals surface area contributed by atoms with Crippen LogP contribution in [0.25, 0.3) is 16.6 Å². The zero-order chi connectivity index (χ0) is 22.3. The van der Waals surface area contributed by atoms with Gasteiger partial charge in [0.25, 0.3) is 0 Å². The number of aromatic amines is 1. The third kappa shape index (κ3) is 3.72. The van der Waals surface area contributed by atoms with Crippen LogP contribution in [0.5, 0.6) is 11.5 Å². The largest absolute Gasteiger partial charge is 0.497 e. The molecule has 0 spiro atoms. The highest BCUT2D eigenvalue weighted by Crippen LogP contribution is 2.37. The van der Waals surface area contributed by atoms with Gasteiger partial charge in [0.15, 0.2) is 11.6 Å². The van der Waals surface area contributed by atoms with Gasteiger partial charge in [-0.2, -0.15) is 5.10 Å². The fourth-order valence-corrected chi connectivity index (χ4v) is 4.21. The van der Waals surface area contributed by atoms with Crippen molar-refractivity contribution >= 4 is 44.8 Å². The van der Waals surface area contributed by atoms with Crippen molar-refractivity contribution in [1.29, 1.82) is 0 Å². The van der Waals surface area contributed by atoms with Crippen molar-refractivity contribution in [2.24, 2.45) is 0 Å². The van der Waals surface area contributed by atoms with Crippen molar-refractivity contribution in [2.45, 2.75) is 20.5 Å². The van der Waals surface area contributed by atoms with Gasteiger partial charge in [-0.15, -0.1) is 0 Å². The summed E-state index contributed by atoms with van der Waals surface area (Å²) in [5, 5.41) is 7.47. The van der Waals surface area contributed by atoms with Crippen molar-refractivity contribution < 1.29 is 14.3 Å². The molecule has 0 bridgehead atoms. The first-order valence-corrected chi connectivity index (χ1v) is 10.6. The van der Waals surface area contributed by atoms with Crippen LogP contribution in [0.3, 0.4) is 0 Å². The minimum atomic E-state index is -0.0223. The average molecular weight is 502 g/mol. The number of benzene rings is 2. The molecule has 2 aromatic heterocycles. The summed E-state index contributed by atoms with van der Waals surface area (Å²) in [7, 11) is 1.63. The topological polar surface area (TPSA) is 100 Å². The first-order chi connectivity index (χ1) is 14.8. The van der Waals surface area contributed by atoms with E-state index in [4.69, 9.17) is 27.5 Å². The van der Waals surface area contributed by atoms with Gasteiger partial charge in [0.2, 0.25) is 4.77 Å². The maximum absolute atomic E-state index is 12.5. The lowest BCUT2D eigenvalue weighted by Gasteiger charge is -2.11. The van der Waals surface area contributed by atoms with Crippen molar-refractivity contribution in [3.63, 3.8) is 0 Å². The van der Waals surface area contributed by atoms with Gasteiger partial charge in [-0.1, -0.05) is 0 Å². The molecule has 0 aliphatic heterocycles. The summed E-state index contributed by atoms with van der Waals surface area (Å²) in [6, 6.07) is 11.5. The summed E-state index contributed by atoms with van der Waals surface area (Å²) < 4.78 is 15.5. The van der Waals surface area contributed by atoms with E-state index >= 15 is 0 Å². The van der Waals surface area contributed by atoms with Gasteiger partial charge in [-0.3, -0.25) is 9.89 Å². The Bertz CT molecular complexity index is 1350. The second kappa shape index (κ2) is 8.20. The van der Waals surface area contributed by atoms with Gasteiger partial charge >= 0.3 is 0 Å². The van der Waals surface area contributed by atoms with Crippen molar-refractivity contribution in [1.82, 2.24) is 19.4 Å². The van der Waals surface area contributed by atoms with Gasteiger partial charge in [0, 0.05) is 22.3 Å². The molecule has 0 fully saturated rings. The number of nitrogens with zero attached hydrogens (tertiary/aromatic N) is 3. The Balaban J connectivity index is 1.82. The molecular formula is C21H20BrN5O3S. The highest BCUT2D eigenvalue weighted by Gasteiger charge is 2.21. The molecule has 2 aromatic carbocycles. The molecule has 8 nitrogen and oxygen atoms in total. The number of methoxy groups -OCH3 is 1. The average Bonchev–Trinajstić information content (AvgIpc) is 3.21. The number of ketones is 1. The molecule has 0 unspecified atom stereocenters. The summed E-state index contributed by atoms with van der Waals surface area (Å²) in [4.78, 5) is 12.5. The second-order valence-electron chi connectivity index (χ2n) is 6.95. The Morgan fingerprint density at radius 3 is 2.58 bits per heavy atom. The number of nitrogens with two attached hydrogens (primary N) is 1. The predicted octanol–water partition coefficient (Wildman–Crippen LogP) is 4.46. The molecule has 0 saturated carbocycles. The van der Waals surface area contributed by atoms with E-state index in [9.17, 15) is 4.79 Å². The Labute approximate surface area is 191 Å². The zero-order valence-corrected chi connectivity index (χ0v) is 19.5. The number of carbonyl (C=O) groups is 1. The molecule has 0 saturated heterocycles. The number of fused-ring (bicyclic) bond motifs is 1. The second-order valence-corrected chi connectivity index (χ2v) is 8.19. The van der Waals surface area contributed by atoms with E-state index < -0.39 is 0 Å². The third-order valence-electron chi connectivity index (χ3n) is 5.07. The maximum Gasteiger partial charge on any atom is 0.214 e. The number of rotatable bonds is 6. The molecule has 2 heterocycles. The molecular weight excluding hydrogens is 482 g/mol. The van der Waals surface area contributed by atoms with Crippen LogP contribution in [0.1, 0.15) is 28.8 Å². The van der Waals surface area contributed by atoms with Crippen molar-refractivity contribution in [2.75, 3.05) is 13.0 Å². The number of aromatic nitrogens is 4. The van der Waals surface area contributed by atoms with Crippen molar-refractivity contribution in [3.8, 4) is 17.2 Å². The van der Waals surface area contributed by atoms with Crippen molar-refractivity contribution in [3.05, 3.63) is 62.7 Å². The van der Waals surface area contributed by atoms with Gasteiger partial charge in [-0.25, -0.2) is 4.68 Å². The molecule has 4 rings (SSSR count). The number of carbonyl (C=O) groups excluding carboxylic acids is 1. The van der Waals surface area contributed by atoms with Crippen LogP contribution < -0.4 is 15.3 Å². The van der Waals surface area contributed by atoms with Crippen LogP contribution in [0.4, 0.5) is 0 Å². The molecule has 0 radical (unpaired) electrons. The van der Waals surface area contributed by atoms with E-state index in [0.717, 1.165) is 32.5 Å². The lowest BCUT2D eigenvalue weighted by atomic mass is 10.1. The summed E-state index contributed by atoms with van der Waals surface area (Å²) in [6.07, 6.45) is 0. The predicted molar refractivity (Wildman–Crippen MR) is 124 cm³/mol. The van der Waals surface area contributed by atoms with Crippen LogP contribution in [0, 0.1) is 11.7 Å². The van der Waals surface area contributed by atoms with Crippen LogP contribution in [-0.4, -0.2) is 32.3 Å². The molecule has 0 aliphatic rings. The first kappa shape index (κ1) is 21.1. The molecule has 3 N–H and O–H groups in total. The van der Waals surface area contributed by atoms with Gasteiger partial charge in [0.1, 0.15) is 18.1 Å². The maximum atomic E-state index is 12.5. The van der Waals surface area contributed by atoms with Crippen LogP contribution in [-0.2, 0) is 6.61 Å². The number of halogens is 1. The van der Waals surface area contributed by atoms with E-state index in [1.807, 2.05) is 47.9 Å². The number of ether oxygens (including phenoxy) is 2. The molecule has 10 heteroatoms. The quantitative estimate of drug-likeness (QED) is 0.230. The standard InChI is InChI=1S/C21H20BrN5O3S/c1-11-20(12(2)28)15-8-18(30-10-19-24-25-21(31)27(19)23)16(22)9-17(15)26(11)13-4-6-14(29-3)7-5-13/h4-9H,10,23H2,1-3H3,(H,25,31). The minimum absolute atomic E-state index is 0.0223. The molecule has 0 aliphatic carbocycles. The first-order valence-electron chi connectivity index (χ1n) is 9.36. The molecule has 0 amide bonds. The molecule has 31 heavy (non-hydrogen) atoms. The Hall–Kier alpha value is -3.11. The Kier molecular flexibility index (Phi) is 5.59. The Morgan fingerprint density at radius 1 is 1.29 bits per heavy atom. The number of Topliss-reactive ketones (excluding diaryl/α,β-unsaturated/α-hetero) is 1. The number of nitrogen functional groups attached to an aromatic ring is 1. The minimum Gasteiger partial charge on any atom is -0.497 e. The SMILES string of the molecule is COc1ccc(-n2c(C)c(C(C)=O)c3cc(OCc4n[nH]c(=S)n4N)c(Br)cc32)cc1. The zero-order valence-electron chi connectivity index (χ0n) is 17.1. The lowest BCUT2D eigenvalue weighted by molar-refractivity contribution is 0.101. The smallest absolute Gasteiger partial charge is 0.214 e. The monoisotopic (exact) mass is 501 g/mol. The lowest BCUT2D eigenvalue weighted by Crippen LogP contribution is -2.14.